The molecular weight excluding hydrogens is 771 g/mol. The van der Waals surface area contributed by atoms with Gasteiger partial charge in [0.15, 0.2) is 35.6 Å². The molecule has 2 aromatic carbocycles. The molecule has 2 aromatic rings. The first-order valence-electron chi connectivity index (χ1n) is 16.0. The van der Waals surface area contributed by atoms with Crippen molar-refractivity contribution >= 4 is 19.2 Å². The molecule has 0 bridgehead atoms. The molecule has 0 radical (unpaired) electrons. The Morgan fingerprint density at radius 1 is 0.618 bits per heavy atom. The van der Waals surface area contributed by atoms with Gasteiger partial charge in [0.1, 0.15) is 48.8 Å². The van der Waals surface area contributed by atoms with Crippen LogP contribution in [-0.4, -0.2) is 149 Å². The summed E-state index contributed by atoms with van der Waals surface area (Å²) in [5, 5.41) is 95.7. The summed E-state index contributed by atoms with van der Waals surface area (Å²) in [6.45, 7) is -3.59. The number of benzene rings is 2. The van der Waals surface area contributed by atoms with Crippen LogP contribution in [0, 0.1) is 20.2 Å². The van der Waals surface area contributed by atoms with Gasteiger partial charge in [-0.1, -0.05) is 0 Å². The van der Waals surface area contributed by atoms with Crippen LogP contribution in [0.1, 0.15) is 11.1 Å². The molecular formula is C30H41N2O22P. The Morgan fingerprint density at radius 2 is 1.00 bits per heavy atom. The van der Waals surface area contributed by atoms with Crippen LogP contribution in [0.25, 0.3) is 0 Å². The molecule has 0 aliphatic carbocycles. The van der Waals surface area contributed by atoms with Gasteiger partial charge < -0.3 is 68.9 Å². The lowest BCUT2D eigenvalue weighted by Gasteiger charge is -2.44. The predicted molar refractivity (Wildman–Crippen MR) is 177 cm³/mol. The van der Waals surface area contributed by atoms with Gasteiger partial charge in [0.05, 0.1) is 88.0 Å². The van der Waals surface area contributed by atoms with E-state index < -0.39 is 117 Å². The van der Waals surface area contributed by atoms with E-state index in [1.807, 2.05) is 0 Å². The van der Waals surface area contributed by atoms with E-state index in [4.69, 9.17) is 46.7 Å². The Balaban J connectivity index is 1.63. The fourth-order valence-corrected chi connectivity index (χ4v) is 6.59. The molecule has 7 N–H and O–H groups in total. The Bertz CT molecular complexity index is 1620. The number of phosphoric acid groups is 1. The maximum absolute atomic E-state index is 14.2. The predicted octanol–water partition coefficient (Wildman–Crippen LogP) is -0.980. The van der Waals surface area contributed by atoms with E-state index in [-0.39, 0.29) is 34.1 Å². The highest BCUT2D eigenvalue weighted by atomic mass is 31.2. The second-order valence-corrected chi connectivity index (χ2v) is 13.5. The van der Waals surface area contributed by atoms with Crippen molar-refractivity contribution in [2.45, 2.75) is 74.6 Å². The second-order valence-electron chi connectivity index (χ2n) is 11.8. The highest BCUT2D eigenvalue weighted by Gasteiger charge is 2.50. The maximum Gasteiger partial charge on any atom is 0.475 e. The van der Waals surface area contributed by atoms with Crippen molar-refractivity contribution in [1.29, 1.82) is 0 Å². The lowest BCUT2D eigenvalue weighted by molar-refractivity contribution is -0.386. The fraction of sp³-hybridized carbons (Fsp3) is 0.600. The molecule has 0 amide bonds. The molecule has 0 saturated carbocycles. The molecule has 2 aliphatic rings. The topological polar surface area (TPSA) is 337 Å². The smallest absolute Gasteiger partial charge is 0.475 e. The van der Waals surface area contributed by atoms with E-state index in [2.05, 4.69) is 0 Å². The van der Waals surface area contributed by atoms with Gasteiger partial charge in [-0.15, -0.1) is 0 Å². The number of hydrogen-bond acceptors (Lipinski definition) is 22. The summed E-state index contributed by atoms with van der Waals surface area (Å²) in [7, 11) is -0.112. The number of nitrogens with zero attached hydrogens (tertiary/aromatic N) is 2. The van der Waals surface area contributed by atoms with Gasteiger partial charge in [-0.3, -0.25) is 33.8 Å². The summed E-state index contributed by atoms with van der Waals surface area (Å²) in [5.74, 6) is -0.0276. The Kier molecular flexibility index (Phi) is 15.0. The number of rotatable bonds is 18. The number of phosphoric ester groups is 1. The number of ether oxygens (including phenoxy) is 7. The zero-order valence-corrected chi connectivity index (χ0v) is 30.4. The van der Waals surface area contributed by atoms with Crippen molar-refractivity contribution in [2.75, 3.05) is 41.7 Å². The van der Waals surface area contributed by atoms with Crippen molar-refractivity contribution < 1.29 is 96.9 Å². The lowest BCUT2D eigenvalue weighted by atomic mass is 9.98. The van der Waals surface area contributed by atoms with Crippen molar-refractivity contribution in [1.82, 2.24) is 0 Å². The quantitative estimate of drug-likeness (QED) is 0.0540. The first-order chi connectivity index (χ1) is 26.0. The third-order valence-corrected chi connectivity index (χ3v) is 9.86. The number of nitro benzene ring substituents is 2. The Morgan fingerprint density at radius 3 is 1.38 bits per heavy atom. The molecule has 2 aliphatic heterocycles. The fourth-order valence-electron chi connectivity index (χ4n) is 5.44. The van der Waals surface area contributed by atoms with Gasteiger partial charge >= 0.3 is 7.82 Å². The molecule has 2 fully saturated rings. The highest BCUT2D eigenvalue weighted by molar-refractivity contribution is 7.48. The normalized spacial score (nSPS) is 28.3. The van der Waals surface area contributed by atoms with E-state index in [0.29, 0.717) is 0 Å². The van der Waals surface area contributed by atoms with Gasteiger partial charge in [0.25, 0.3) is 11.4 Å². The number of aliphatic hydroxyl groups excluding tert-OH is 7. The molecule has 55 heavy (non-hydrogen) atoms. The monoisotopic (exact) mass is 812 g/mol. The number of methoxy groups -OCH3 is 4. The van der Waals surface area contributed by atoms with E-state index in [0.717, 1.165) is 24.3 Å². The van der Waals surface area contributed by atoms with Crippen LogP contribution in [-0.2, 0) is 45.6 Å². The van der Waals surface area contributed by atoms with Crippen molar-refractivity contribution in [3.05, 3.63) is 55.6 Å². The van der Waals surface area contributed by atoms with Crippen molar-refractivity contribution in [3.63, 3.8) is 0 Å². The number of hydrogen-bond donors (Lipinski definition) is 7. The zero-order valence-electron chi connectivity index (χ0n) is 29.5. The summed E-state index contributed by atoms with van der Waals surface area (Å²) in [5.41, 5.74) is -1.60. The second kappa shape index (κ2) is 18.9. The van der Waals surface area contributed by atoms with Crippen LogP contribution in [0.2, 0.25) is 0 Å². The van der Waals surface area contributed by atoms with Crippen LogP contribution in [0.4, 0.5) is 11.4 Å². The molecule has 4 rings (SSSR count). The van der Waals surface area contributed by atoms with Crippen molar-refractivity contribution in [2.24, 2.45) is 0 Å². The average Bonchev–Trinajstić information content (AvgIpc) is 3.18. The largest absolute Gasteiger partial charge is 0.493 e. The number of nitro groups is 2. The molecule has 24 nitrogen and oxygen atoms in total. The molecule has 0 aromatic heterocycles. The Labute approximate surface area is 311 Å². The van der Waals surface area contributed by atoms with E-state index in [1.165, 1.54) is 28.4 Å². The first-order valence-corrected chi connectivity index (χ1v) is 17.5. The van der Waals surface area contributed by atoms with E-state index >= 15 is 0 Å². The molecule has 10 atom stereocenters. The summed E-state index contributed by atoms with van der Waals surface area (Å²) in [6, 6.07) is 4.30. The zero-order chi connectivity index (χ0) is 40.8. The van der Waals surface area contributed by atoms with Gasteiger partial charge in [0.2, 0.25) is 0 Å². The average molecular weight is 813 g/mol. The standard InChI is InChI=1S/C30H41N2O22P/c1-45-17-5-13(15(31(40)41)7-19(17)47-3)10-49-55(44,50-11-14-6-18(46-2)20(48-4)8-16(14)32(42)43)51-12-22-24(35)26(37)28(39)30(53-22)54-29-27(38)25(36)23(34)21(9-33)52-29/h5-8,21-30,33-39H,9-12H2,1-4H3/t21-,22?,23-,24-,25?,26?,27?,28+,29-,30-/m1/s1. The van der Waals surface area contributed by atoms with Gasteiger partial charge in [-0.25, -0.2) is 4.57 Å². The summed E-state index contributed by atoms with van der Waals surface area (Å²) < 4.78 is 67.3. The lowest BCUT2D eigenvalue weighted by Crippen LogP contribution is -2.63. The van der Waals surface area contributed by atoms with E-state index in [9.17, 15) is 60.5 Å². The molecule has 2 heterocycles. The van der Waals surface area contributed by atoms with E-state index in [1.54, 1.807) is 0 Å². The molecule has 25 heteroatoms. The molecule has 0 spiro atoms. The van der Waals surface area contributed by atoms with Crippen LogP contribution in [0.3, 0.4) is 0 Å². The molecule has 2 saturated heterocycles. The maximum atomic E-state index is 14.2. The molecule has 308 valence electrons. The third-order valence-electron chi connectivity index (χ3n) is 8.50. The van der Waals surface area contributed by atoms with Crippen LogP contribution >= 0.6 is 7.82 Å². The van der Waals surface area contributed by atoms with Gasteiger partial charge in [0, 0.05) is 0 Å². The van der Waals surface area contributed by atoms with Crippen LogP contribution in [0.5, 0.6) is 23.0 Å². The highest BCUT2D eigenvalue weighted by Crippen LogP contribution is 2.53. The van der Waals surface area contributed by atoms with Crippen molar-refractivity contribution in [3.8, 4) is 23.0 Å². The Hall–Kier alpha value is -3.85. The number of aliphatic hydroxyl groups is 7. The molecule has 4 unspecified atom stereocenters. The van der Waals surface area contributed by atoms with Crippen LogP contribution in [0.15, 0.2) is 24.3 Å². The minimum Gasteiger partial charge on any atom is -0.493 e. The SMILES string of the molecule is COc1cc(COP(=O)(OCc2cc(OC)c(OC)cc2[N+](=O)[O-])OCC2O[C@H](O[C@H]3O[C@H](CO)[C@@H](O)C(O)C3O)[C@@H](O)C(O)[C@@H]2O)c([N+](=O)[O-])cc1OC. The van der Waals surface area contributed by atoms with Crippen LogP contribution < -0.4 is 18.9 Å². The summed E-state index contributed by atoms with van der Waals surface area (Å²) >= 11 is 0. The summed E-state index contributed by atoms with van der Waals surface area (Å²) in [4.78, 5) is 22.2. The van der Waals surface area contributed by atoms with Gasteiger partial charge in [-0.2, -0.15) is 0 Å². The minimum atomic E-state index is -5.07. The first kappa shape index (κ1) is 43.9. The summed E-state index contributed by atoms with van der Waals surface area (Å²) in [6.07, 6.45) is -18.8. The third kappa shape index (κ3) is 9.94. The minimum absolute atomic E-state index is 0.0149. The van der Waals surface area contributed by atoms with Gasteiger partial charge in [-0.05, 0) is 12.1 Å².